The van der Waals surface area contributed by atoms with Gasteiger partial charge in [-0.15, -0.1) is 16.8 Å². The Morgan fingerprint density at radius 1 is 1.14 bits per heavy atom. The minimum absolute atomic E-state index is 0.0466. The third-order valence-corrected chi connectivity index (χ3v) is 6.65. The van der Waals surface area contributed by atoms with Crippen molar-refractivity contribution in [1.82, 2.24) is 20.1 Å². The second kappa shape index (κ2) is 12.2. The van der Waals surface area contributed by atoms with Gasteiger partial charge < -0.3 is 15.2 Å². The van der Waals surface area contributed by atoms with Crippen LogP contribution in [-0.4, -0.2) is 32.3 Å². The van der Waals surface area contributed by atoms with E-state index in [-0.39, 0.29) is 29.5 Å². The Hall–Kier alpha value is -2.81. The predicted molar refractivity (Wildman–Crippen MR) is 142 cm³/mol. The van der Waals surface area contributed by atoms with E-state index in [1.807, 2.05) is 37.5 Å². The van der Waals surface area contributed by atoms with Crippen molar-refractivity contribution in [3.8, 4) is 0 Å². The first-order chi connectivity index (χ1) is 16.7. The van der Waals surface area contributed by atoms with Crippen LogP contribution in [0.3, 0.4) is 0 Å². The molecule has 3 aromatic rings. The number of thioether (sulfide) groups is 1. The van der Waals surface area contributed by atoms with Crippen LogP contribution in [0.1, 0.15) is 41.6 Å². The second-order valence-corrected chi connectivity index (χ2v) is 10.0. The van der Waals surface area contributed by atoms with Gasteiger partial charge in [0.05, 0.1) is 22.5 Å². The lowest BCUT2D eigenvalue weighted by molar-refractivity contribution is -0.113. The van der Waals surface area contributed by atoms with Crippen molar-refractivity contribution in [1.29, 1.82) is 0 Å². The highest BCUT2D eigenvalue weighted by molar-refractivity contribution is 7.99. The maximum absolute atomic E-state index is 12.9. The number of carbonyl (C=O) groups excluding carboxylic acids is 2. The Kier molecular flexibility index (Phi) is 9.37. The summed E-state index contributed by atoms with van der Waals surface area (Å²) in [5, 5.41) is 15.9. The van der Waals surface area contributed by atoms with E-state index in [4.69, 9.17) is 23.2 Å². The highest BCUT2D eigenvalue weighted by Gasteiger charge is 2.26. The first-order valence-electron chi connectivity index (χ1n) is 11.0. The van der Waals surface area contributed by atoms with Crippen molar-refractivity contribution in [2.75, 3.05) is 11.1 Å². The number of nitrogens with one attached hydrogen (secondary N) is 2. The van der Waals surface area contributed by atoms with E-state index >= 15 is 0 Å². The number of aryl methyl sites for hydroxylation is 1. The number of carbonyl (C=O) groups is 2. The third-order valence-electron chi connectivity index (χ3n) is 5.14. The van der Waals surface area contributed by atoms with Gasteiger partial charge in [0, 0.05) is 17.1 Å². The number of benzene rings is 2. The molecule has 0 fully saturated rings. The second-order valence-electron chi connectivity index (χ2n) is 8.26. The summed E-state index contributed by atoms with van der Waals surface area (Å²) >= 11 is 13.3. The molecule has 184 valence electrons. The molecule has 1 heterocycles. The van der Waals surface area contributed by atoms with Crippen LogP contribution >= 0.6 is 35.0 Å². The minimum atomic E-state index is -0.382. The van der Waals surface area contributed by atoms with Crippen LogP contribution < -0.4 is 10.6 Å². The molecule has 0 unspecified atom stereocenters. The van der Waals surface area contributed by atoms with Gasteiger partial charge in [0.15, 0.2) is 11.0 Å². The zero-order valence-electron chi connectivity index (χ0n) is 19.7. The number of hydrogen-bond donors (Lipinski definition) is 2. The number of rotatable bonds is 10. The van der Waals surface area contributed by atoms with Gasteiger partial charge in [0.1, 0.15) is 0 Å². The molecule has 3 rings (SSSR count). The number of allylic oxidation sites excluding steroid dienone is 1. The molecule has 1 atom stereocenters. The summed E-state index contributed by atoms with van der Waals surface area (Å²) in [5.74, 6) is 0.303. The van der Waals surface area contributed by atoms with Gasteiger partial charge in [-0.1, -0.05) is 72.6 Å². The molecule has 1 aromatic heterocycles. The topological polar surface area (TPSA) is 88.9 Å². The number of nitrogens with zero attached hydrogens (tertiary/aromatic N) is 3. The molecular weight excluding hydrogens is 505 g/mol. The summed E-state index contributed by atoms with van der Waals surface area (Å²) < 4.78 is 1.86. The quantitative estimate of drug-likeness (QED) is 0.249. The van der Waals surface area contributed by atoms with Crippen LogP contribution in [0, 0.1) is 12.8 Å². The molecule has 0 radical (unpaired) electrons. The largest absolute Gasteiger partial charge is 0.342 e. The monoisotopic (exact) mass is 531 g/mol. The Balaban J connectivity index is 1.75. The van der Waals surface area contributed by atoms with Gasteiger partial charge in [-0.2, -0.15) is 0 Å². The number of aromatic nitrogens is 3. The van der Waals surface area contributed by atoms with Gasteiger partial charge in [-0.05, 0) is 43.2 Å². The maximum atomic E-state index is 12.9. The molecule has 0 aliphatic rings. The molecule has 10 heteroatoms. The normalized spacial score (nSPS) is 11.8. The van der Waals surface area contributed by atoms with Crippen LogP contribution in [0.4, 0.5) is 5.69 Å². The fourth-order valence-electron chi connectivity index (χ4n) is 3.30. The summed E-state index contributed by atoms with van der Waals surface area (Å²) in [6.45, 7) is 10.2. The van der Waals surface area contributed by atoms with Gasteiger partial charge in [0.2, 0.25) is 5.91 Å². The van der Waals surface area contributed by atoms with Crippen molar-refractivity contribution in [2.45, 2.75) is 38.5 Å². The van der Waals surface area contributed by atoms with Crippen molar-refractivity contribution >= 4 is 52.5 Å². The smallest absolute Gasteiger partial charge is 0.251 e. The average Bonchev–Trinajstić information content (AvgIpc) is 3.20. The SMILES string of the molecule is C=CCn1c(SCC(=O)Nc2ccc(Cl)cc2Cl)nnc1[C@@H](NC(=O)c1ccc(C)cc1)C(C)C. The Labute approximate surface area is 219 Å². The standard InChI is InChI=1S/C25H27Cl2N5O2S/c1-5-12-32-23(22(15(2)3)29-24(34)17-8-6-16(4)7-9-17)30-31-25(32)35-14-21(33)28-20-11-10-18(26)13-19(20)27/h5-11,13,15,22H,1,12,14H2,2-4H3,(H,28,33)(H,29,34)/t22-/m0/s1. The zero-order chi connectivity index (χ0) is 25.5. The van der Waals surface area contributed by atoms with Crippen LogP contribution in [0.2, 0.25) is 10.0 Å². The van der Waals surface area contributed by atoms with Crippen LogP contribution in [0.5, 0.6) is 0 Å². The molecular formula is C25H27Cl2N5O2S. The molecule has 7 nitrogen and oxygen atoms in total. The maximum Gasteiger partial charge on any atom is 0.251 e. The van der Waals surface area contributed by atoms with Gasteiger partial charge in [-0.3, -0.25) is 9.59 Å². The molecule has 0 spiro atoms. The van der Waals surface area contributed by atoms with E-state index in [2.05, 4.69) is 27.4 Å². The van der Waals surface area contributed by atoms with Gasteiger partial charge >= 0.3 is 0 Å². The lowest BCUT2D eigenvalue weighted by Gasteiger charge is -2.22. The van der Waals surface area contributed by atoms with Crippen LogP contribution in [0.15, 0.2) is 60.3 Å². The molecule has 0 aliphatic heterocycles. The van der Waals surface area contributed by atoms with E-state index in [0.717, 1.165) is 5.56 Å². The lowest BCUT2D eigenvalue weighted by Crippen LogP contribution is -2.33. The van der Waals surface area contributed by atoms with Crippen LogP contribution in [-0.2, 0) is 11.3 Å². The number of anilines is 1. The zero-order valence-corrected chi connectivity index (χ0v) is 22.0. The molecule has 2 N–H and O–H groups in total. The molecule has 2 aromatic carbocycles. The van der Waals surface area contributed by atoms with Gasteiger partial charge in [-0.25, -0.2) is 0 Å². The van der Waals surface area contributed by atoms with Crippen molar-refractivity contribution in [2.24, 2.45) is 5.92 Å². The van der Waals surface area contributed by atoms with Crippen LogP contribution in [0.25, 0.3) is 0 Å². The summed E-state index contributed by atoms with van der Waals surface area (Å²) in [7, 11) is 0. The Morgan fingerprint density at radius 2 is 1.86 bits per heavy atom. The van der Waals surface area contributed by atoms with Crippen molar-refractivity contribution in [3.05, 3.63) is 82.1 Å². The average molecular weight is 532 g/mol. The fraction of sp³-hybridized carbons (Fsp3) is 0.280. The summed E-state index contributed by atoms with van der Waals surface area (Å²) in [6.07, 6.45) is 1.73. The van der Waals surface area contributed by atoms with Crippen molar-refractivity contribution < 1.29 is 9.59 Å². The summed E-state index contributed by atoms with van der Waals surface area (Å²) in [6, 6.07) is 11.9. The van der Waals surface area contributed by atoms with E-state index in [0.29, 0.717) is 38.8 Å². The predicted octanol–water partition coefficient (Wildman–Crippen LogP) is 5.94. The highest BCUT2D eigenvalue weighted by atomic mass is 35.5. The molecule has 0 bridgehead atoms. The highest BCUT2D eigenvalue weighted by Crippen LogP contribution is 2.28. The third kappa shape index (κ3) is 7.10. The number of amides is 2. The summed E-state index contributed by atoms with van der Waals surface area (Å²) in [4.78, 5) is 25.4. The van der Waals surface area contributed by atoms with Gasteiger partial charge in [0.25, 0.3) is 5.91 Å². The Bertz CT molecular complexity index is 1210. The van der Waals surface area contributed by atoms with E-state index < -0.39 is 0 Å². The summed E-state index contributed by atoms with van der Waals surface area (Å²) in [5.41, 5.74) is 2.13. The van der Waals surface area contributed by atoms with E-state index in [9.17, 15) is 9.59 Å². The van der Waals surface area contributed by atoms with E-state index in [1.165, 1.54) is 11.8 Å². The molecule has 0 saturated carbocycles. The number of halogens is 2. The number of hydrogen-bond acceptors (Lipinski definition) is 5. The Morgan fingerprint density at radius 3 is 2.49 bits per heavy atom. The lowest BCUT2D eigenvalue weighted by atomic mass is 10.0. The minimum Gasteiger partial charge on any atom is -0.342 e. The molecule has 0 saturated heterocycles. The van der Waals surface area contributed by atoms with Crippen molar-refractivity contribution in [3.63, 3.8) is 0 Å². The first-order valence-corrected chi connectivity index (χ1v) is 12.7. The van der Waals surface area contributed by atoms with E-state index in [1.54, 1.807) is 36.4 Å². The molecule has 35 heavy (non-hydrogen) atoms. The first kappa shape index (κ1) is 26.8. The molecule has 0 aliphatic carbocycles. The fourth-order valence-corrected chi connectivity index (χ4v) is 4.51. The molecule has 2 amide bonds.